The van der Waals surface area contributed by atoms with Gasteiger partial charge in [0.1, 0.15) is 5.69 Å². The topological polar surface area (TPSA) is 119 Å². The quantitative estimate of drug-likeness (QED) is 0.667. The standard InChI is InChI=1S/C21H23F3N4O4/c1-10-6-13(8-27-19(10)32-9-21(22,23)24)12(3)28-15(7-11(2)29)16-14(20(28)31)4-5-26-17(16)18(25)30/h4-6,8,11-12,15,29H,7,9H2,1-3H3,(H2,25,30)/t11-,12?,15?/m1/s1. The number of pyridine rings is 2. The number of alkyl halides is 3. The van der Waals surface area contributed by atoms with Crippen LogP contribution in [-0.4, -0.2) is 50.7 Å². The summed E-state index contributed by atoms with van der Waals surface area (Å²) in [5, 5.41) is 10.0. The Balaban J connectivity index is 1.97. The van der Waals surface area contributed by atoms with Crippen molar-refractivity contribution >= 4 is 11.8 Å². The van der Waals surface area contributed by atoms with E-state index in [2.05, 4.69) is 9.97 Å². The lowest BCUT2D eigenvalue weighted by molar-refractivity contribution is -0.154. The second kappa shape index (κ2) is 8.73. The van der Waals surface area contributed by atoms with Crippen molar-refractivity contribution in [3.05, 3.63) is 52.5 Å². The van der Waals surface area contributed by atoms with Gasteiger partial charge < -0.3 is 20.5 Å². The van der Waals surface area contributed by atoms with Gasteiger partial charge in [0, 0.05) is 29.1 Å². The molecule has 0 bridgehead atoms. The van der Waals surface area contributed by atoms with E-state index in [9.17, 15) is 27.9 Å². The summed E-state index contributed by atoms with van der Waals surface area (Å²) < 4.78 is 42.1. The number of hydrogen-bond acceptors (Lipinski definition) is 6. The molecule has 11 heteroatoms. The normalized spacial score (nSPS) is 17.8. The second-order valence-corrected chi connectivity index (χ2v) is 7.77. The fourth-order valence-corrected chi connectivity index (χ4v) is 3.89. The number of amides is 2. The molecule has 0 saturated carbocycles. The summed E-state index contributed by atoms with van der Waals surface area (Å²) in [6, 6.07) is 1.82. The van der Waals surface area contributed by atoms with E-state index in [-0.39, 0.29) is 29.5 Å². The maximum atomic E-state index is 13.2. The van der Waals surface area contributed by atoms with Crippen LogP contribution in [0, 0.1) is 6.92 Å². The van der Waals surface area contributed by atoms with Crippen molar-refractivity contribution in [1.29, 1.82) is 0 Å². The van der Waals surface area contributed by atoms with Gasteiger partial charge in [-0.05, 0) is 44.9 Å². The fourth-order valence-electron chi connectivity index (χ4n) is 3.89. The number of hydrogen-bond donors (Lipinski definition) is 2. The number of ether oxygens (including phenoxy) is 1. The molecule has 3 rings (SSSR count). The van der Waals surface area contributed by atoms with Crippen LogP contribution in [0.5, 0.6) is 5.88 Å². The van der Waals surface area contributed by atoms with Gasteiger partial charge >= 0.3 is 6.18 Å². The van der Waals surface area contributed by atoms with Crippen LogP contribution in [0.25, 0.3) is 0 Å². The highest BCUT2D eigenvalue weighted by Gasteiger charge is 2.43. The summed E-state index contributed by atoms with van der Waals surface area (Å²) >= 11 is 0. The van der Waals surface area contributed by atoms with Gasteiger partial charge in [0.25, 0.3) is 11.8 Å². The van der Waals surface area contributed by atoms with Crippen LogP contribution in [0.4, 0.5) is 13.2 Å². The molecular weight excluding hydrogens is 429 g/mol. The van der Waals surface area contributed by atoms with Gasteiger partial charge in [0.15, 0.2) is 6.61 Å². The minimum Gasteiger partial charge on any atom is -0.468 e. The predicted molar refractivity (Wildman–Crippen MR) is 107 cm³/mol. The van der Waals surface area contributed by atoms with Crippen LogP contribution >= 0.6 is 0 Å². The van der Waals surface area contributed by atoms with Crippen molar-refractivity contribution in [3.63, 3.8) is 0 Å². The number of halogens is 3. The number of aryl methyl sites for hydroxylation is 1. The minimum absolute atomic E-state index is 0.0404. The molecule has 172 valence electrons. The number of primary amides is 1. The van der Waals surface area contributed by atoms with Crippen molar-refractivity contribution in [2.45, 2.75) is 51.6 Å². The number of nitrogens with zero attached hydrogens (tertiary/aromatic N) is 3. The molecule has 8 nitrogen and oxygen atoms in total. The molecule has 3 atom stereocenters. The van der Waals surface area contributed by atoms with Crippen molar-refractivity contribution in [2.24, 2.45) is 5.73 Å². The van der Waals surface area contributed by atoms with Crippen molar-refractivity contribution in [2.75, 3.05) is 6.61 Å². The van der Waals surface area contributed by atoms with Crippen molar-refractivity contribution in [1.82, 2.24) is 14.9 Å². The molecule has 1 aliphatic rings. The highest BCUT2D eigenvalue weighted by molar-refractivity contribution is 6.03. The van der Waals surface area contributed by atoms with Gasteiger partial charge in [-0.3, -0.25) is 14.6 Å². The van der Waals surface area contributed by atoms with Crippen molar-refractivity contribution < 1.29 is 32.6 Å². The number of carbonyl (C=O) groups is 2. The van der Waals surface area contributed by atoms with Gasteiger partial charge in [-0.25, -0.2) is 4.98 Å². The Hall–Kier alpha value is -3.21. The lowest BCUT2D eigenvalue weighted by atomic mass is 9.97. The maximum absolute atomic E-state index is 13.2. The monoisotopic (exact) mass is 452 g/mol. The molecule has 2 aromatic heterocycles. The summed E-state index contributed by atoms with van der Waals surface area (Å²) in [5.74, 6) is -1.32. The first-order valence-corrected chi connectivity index (χ1v) is 9.86. The van der Waals surface area contributed by atoms with E-state index in [0.717, 1.165) is 0 Å². The summed E-state index contributed by atoms with van der Waals surface area (Å²) in [6.45, 7) is 3.37. The third kappa shape index (κ3) is 4.67. The molecule has 3 heterocycles. The molecule has 0 spiro atoms. The highest BCUT2D eigenvalue weighted by Crippen LogP contribution is 2.43. The largest absolute Gasteiger partial charge is 0.468 e. The zero-order valence-corrected chi connectivity index (χ0v) is 17.7. The Morgan fingerprint density at radius 2 is 2.03 bits per heavy atom. The van der Waals surface area contributed by atoms with Crippen LogP contribution in [0.3, 0.4) is 0 Å². The van der Waals surface area contributed by atoms with Gasteiger partial charge in [0.05, 0.1) is 18.2 Å². The summed E-state index contributed by atoms with van der Waals surface area (Å²) in [4.78, 5) is 34.7. The molecular formula is C21H23F3N4O4. The van der Waals surface area contributed by atoms with Gasteiger partial charge in [-0.15, -0.1) is 0 Å². The second-order valence-electron chi connectivity index (χ2n) is 7.77. The van der Waals surface area contributed by atoms with Crippen LogP contribution in [0.2, 0.25) is 0 Å². The SMILES string of the molecule is Cc1cc(C(C)N2C(=O)c3ccnc(C(N)=O)c3C2C[C@@H](C)O)cnc1OCC(F)(F)F. The summed E-state index contributed by atoms with van der Waals surface area (Å²) in [7, 11) is 0. The summed E-state index contributed by atoms with van der Waals surface area (Å²) in [6.07, 6.45) is -2.50. The lowest BCUT2D eigenvalue weighted by Gasteiger charge is -2.32. The van der Waals surface area contributed by atoms with Crippen LogP contribution in [0.1, 0.15) is 69.9 Å². The molecule has 2 amide bonds. The molecule has 0 saturated heterocycles. The van der Waals surface area contributed by atoms with E-state index in [1.54, 1.807) is 26.8 Å². The van der Waals surface area contributed by atoms with E-state index in [4.69, 9.17) is 10.5 Å². The number of fused-ring (bicyclic) bond motifs is 1. The molecule has 1 aliphatic heterocycles. The average Bonchev–Trinajstić information content (AvgIpc) is 2.97. The van der Waals surface area contributed by atoms with Crippen LogP contribution < -0.4 is 10.5 Å². The fraction of sp³-hybridized carbons (Fsp3) is 0.429. The third-order valence-electron chi connectivity index (χ3n) is 5.25. The molecule has 0 aliphatic carbocycles. The minimum atomic E-state index is -4.49. The zero-order valence-electron chi connectivity index (χ0n) is 17.7. The first kappa shape index (κ1) is 23.5. The molecule has 0 fully saturated rings. The van der Waals surface area contributed by atoms with Crippen LogP contribution in [-0.2, 0) is 0 Å². The van der Waals surface area contributed by atoms with Gasteiger partial charge in [0.2, 0.25) is 5.88 Å². The number of aliphatic hydroxyl groups excluding tert-OH is 1. The Labute approximate surface area is 182 Å². The Morgan fingerprint density at radius 1 is 1.34 bits per heavy atom. The van der Waals surface area contributed by atoms with Gasteiger partial charge in [-0.1, -0.05) is 0 Å². The molecule has 2 aromatic rings. The van der Waals surface area contributed by atoms with E-state index >= 15 is 0 Å². The number of nitrogens with two attached hydrogens (primary N) is 1. The first-order chi connectivity index (χ1) is 14.9. The molecule has 32 heavy (non-hydrogen) atoms. The van der Waals surface area contributed by atoms with E-state index in [0.29, 0.717) is 16.7 Å². The predicted octanol–water partition coefficient (Wildman–Crippen LogP) is 2.85. The molecule has 2 unspecified atom stereocenters. The Kier molecular flexibility index (Phi) is 6.40. The average molecular weight is 452 g/mol. The van der Waals surface area contributed by atoms with Gasteiger partial charge in [-0.2, -0.15) is 13.2 Å². The third-order valence-corrected chi connectivity index (χ3v) is 5.25. The smallest absolute Gasteiger partial charge is 0.422 e. The van der Waals surface area contributed by atoms with Crippen molar-refractivity contribution in [3.8, 4) is 5.88 Å². The molecule has 3 N–H and O–H groups in total. The van der Waals surface area contributed by atoms with Crippen LogP contribution in [0.15, 0.2) is 24.5 Å². The van der Waals surface area contributed by atoms with E-state index in [1.165, 1.54) is 23.4 Å². The Morgan fingerprint density at radius 3 is 2.59 bits per heavy atom. The summed E-state index contributed by atoms with van der Waals surface area (Å²) in [5.41, 5.74) is 6.95. The highest BCUT2D eigenvalue weighted by atomic mass is 19.4. The number of aromatic nitrogens is 2. The maximum Gasteiger partial charge on any atom is 0.422 e. The molecule has 0 aromatic carbocycles. The zero-order chi connectivity index (χ0) is 23.8. The molecule has 0 radical (unpaired) electrons. The van der Waals surface area contributed by atoms with E-state index in [1.807, 2.05) is 0 Å². The Bertz CT molecular complexity index is 1040. The lowest BCUT2D eigenvalue weighted by Crippen LogP contribution is -2.33. The number of aliphatic hydroxyl groups is 1. The first-order valence-electron chi connectivity index (χ1n) is 9.86. The number of carbonyl (C=O) groups excluding carboxylic acids is 2. The number of rotatable bonds is 7. The van der Waals surface area contributed by atoms with E-state index < -0.39 is 36.9 Å².